The van der Waals surface area contributed by atoms with E-state index < -0.39 is 0 Å². The van der Waals surface area contributed by atoms with Crippen molar-refractivity contribution in [3.63, 3.8) is 0 Å². The highest BCUT2D eigenvalue weighted by Gasteiger charge is 2.20. The van der Waals surface area contributed by atoms with E-state index >= 15 is 0 Å². The van der Waals surface area contributed by atoms with Crippen LogP contribution in [-0.4, -0.2) is 22.5 Å². The van der Waals surface area contributed by atoms with Gasteiger partial charge in [0.1, 0.15) is 11.5 Å². The number of esters is 1. The van der Waals surface area contributed by atoms with Gasteiger partial charge in [-0.05, 0) is 79.5 Å². The molecule has 0 atom stereocenters. The summed E-state index contributed by atoms with van der Waals surface area (Å²) in [5, 5.41) is 0. The van der Waals surface area contributed by atoms with Crippen LogP contribution in [0.25, 0.3) is 11.4 Å². The molecule has 0 unspecified atom stereocenters. The van der Waals surface area contributed by atoms with E-state index in [0.717, 1.165) is 42.6 Å². The molecule has 0 bridgehead atoms. The quantitative estimate of drug-likeness (QED) is 0.0721. The molecule has 3 aromatic rings. The van der Waals surface area contributed by atoms with E-state index in [1.165, 1.54) is 108 Å². The van der Waals surface area contributed by atoms with Crippen molar-refractivity contribution in [1.29, 1.82) is 0 Å². The second-order valence-corrected chi connectivity index (χ2v) is 13.1. The third-order valence-corrected chi connectivity index (χ3v) is 9.40. The summed E-state index contributed by atoms with van der Waals surface area (Å²) in [5.74, 6) is 3.43. The number of rotatable bonds is 20. The van der Waals surface area contributed by atoms with Crippen molar-refractivity contribution < 1.29 is 14.3 Å². The lowest BCUT2D eigenvalue weighted by Gasteiger charge is -2.28. The van der Waals surface area contributed by atoms with Gasteiger partial charge in [-0.2, -0.15) is 0 Å². The molecular formula is C40H56N2O3. The Labute approximate surface area is 272 Å². The van der Waals surface area contributed by atoms with E-state index in [0.29, 0.717) is 17.1 Å². The molecule has 0 spiro atoms. The highest BCUT2D eigenvalue weighted by atomic mass is 16.5. The van der Waals surface area contributed by atoms with Crippen LogP contribution in [0.4, 0.5) is 0 Å². The Bertz CT molecular complexity index is 1220. The van der Waals surface area contributed by atoms with Gasteiger partial charge in [0.15, 0.2) is 5.82 Å². The largest absolute Gasteiger partial charge is 0.494 e. The minimum absolute atomic E-state index is 0.388. The number of ether oxygens (including phenoxy) is 2. The van der Waals surface area contributed by atoms with Gasteiger partial charge in [-0.3, -0.25) is 0 Å². The van der Waals surface area contributed by atoms with E-state index in [2.05, 4.69) is 23.8 Å². The zero-order valence-electron chi connectivity index (χ0n) is 28.0. The van der Waals surface area contributed by atoms with Crippen LogP contribution in [0.1, 0.15) is 139 Å². The highest BCUT2D eigenvalue weighted by Crippen LogP contribution is 2.34. The summed E-state index contributed by atoms with van der Waals surface area (Å²) in [6.45, 7) is 5.27. The Morgan fingerprint density at radius 1 is 0.667 bits per heavy atom. The lowest BCUT2D eigenvalue weighted by Crippen LogP contribution is -2.15. The molecule has 0 aliphatic heterocycles. The number of hydrogen-bond donors (Lipinski definition) is 0. The minimum atomic E-state index is -0.388. The summed E-state index contributed by atoms with van der Waals surface area (Å²) in [5.41, 5.74) is 2.55. The van der Waals surface area contributed by atoms with E-state index in [-0.39, 0.29) is 5.97 Å². The second-order valence-electron chi connectivity index (χ2n) is 13.1. The normalized spacial score (nSPS) is 16.4. The van der Waals surface area contributed by atoms with Gasteiger partial charge in [0.2, 0.25) is 0 Å². The topological polar surface area (TPSA) is 61.3 Å². The Morgan fingerprint density at radius 2 is 1.22 bits per heavy atom. The SMILES string of the molecule is CCCCCCCCCc1cnc(-c2ccc(C(=O)Oc3ccc(OCCC[C@H]4CC[C@H](CCCCC)CC4)cc3)cc2)nc1. The number of hydrogen-bond acceptors (Lipinski definition) is 5. The fourth-order valence-electron chi connectivity index (χ4n) is 6.50. The van der Waals surface area contributed by atoms with Gasteiger partial charge >= 0.3 is 5.97 Å². The van der Waals surface area contributed by atoms with E-state index in [1.807, 2.05) is 36.7 Å². The molecule has 5 nitrogen and oxygen atoms in total. The first kappa shape index (κ1) is 34.7. The maximum absolute atomic E-state index is 12.8. The molecule has 1 fully saturated rings. The third-order valence-electron chi connectivity index (χ3n) is 9.40. The van der Waals surface area contributed by atoms with Crippen LogP contribution < -0.4 is 9.47 Å². The molecule has 1 heterocycles. The van der Waals surface area contributed by atoms with Crippen LogP contribution in [0.15, 0.2) is 60.9 Å². The molecule has 0 amide bonds. The lowest BCUT2D eigenvalue weighted by molar-refractivity contribution is 0.0734. The third kappa shape index (κ3) is 12.6. The highest BCUT2D eigenvalue weighted by molar-refractivity contribution is 5.91. The predicted octanol–water partition coefficient (Wildman–Crippen LogP) is 11.2. The molecule has 244 valence electrons. The zero-order chi connectivity index (χ0) is 31.5. The van der Waals surface area contributed by atoms with Crippen LogP contribution in [0.5, 0.6) is 11.5 Å². The standard InChI is InChI=1S/C40H56N2O3/c1-3-5-7-8-9-10-12-15-34-30-41-39(42-31-34)35-21-23-36(24-22-35)40(43)45-38-27-25-37(26-28-38)44-29-13-16-33-19-17-32(18-20-33)14-11-6-4-2/h21-28,30-33H,3-20,29H2,1-2H3/t32-,33-. The first-order valence-electron chi connectivity index (χ1n) is 18.0. The maximum Gasteiger partial charge on any atom is 0.343 e. The molecular weight excluding hydrogens is 556 g/mol. The number of unbranched alkanes of at least 4 members (excludes halogenated alkanes) is 8. The summed E-state index contributed by atoms with van der Waals surface area (Å²) in [6, 6.07) is 14.6. The molecule has 1 aromatic heterocycles. The number of carbonyl (C=O) groups is 1. The Balaban J connectivity index is 1.12. The molecule has 45 heavy (non-hydrogen) atoms. The van der Waals surface area contributed by atoms with E-state index in [9.17, 15) is 4.79 Å². The van der Waals surface area contributed by atoms with Crippen LogP contribution >= 0.6 is 0 Å². The fraction of sp³-hybridized carbons (Fsp3) is 0.575. The number of benzene rings is 2. The van der Waals surface area contributed by atoms with Gasteiger partial charge in [-0.15, -0.1) is 0 Å². The average Bonchev–Trinajstić information content (AvgIpc) is 3.08. The smallest absolute Gasteiger partial charge is 0.343 e. The summed E-state index contributed by atoms with van der Waals surface area (Å²) in [7, 11) is 0. The van der Waals surface area contributed by atoms with Crippen LogP contribution in [-0.2, 0) is 6.42 Å². The van der Waals surface area contributed by atoms with Crippen LogP contribution in [0.2, 0.25) is 0 Å². The Kier molecular flexibility index (Phi) is 15.4. The van der Waals surface area contributed by atoms with E-state index in [1.54, 1.807) is 24.3 Å². The first-order valence-corrected chi connectivity index (χ1v) is 18.0. The molecule has 1 saturated carbocycles. The van der Waals surface area contributed by atoms with Crippen LogP contribution in [0.3, 0.4) is 0 Å². The van der Waals surface area contributed by atoms with Gasteiger partial charge in [0.25, 0.3) is 0 Å². The molecule has 2 aromatic carbocycles. The van der Waals surface area contributed by atoms with Gasteiger partial charge < -0.3 is 9.47 Å². The molecule has 1 aliphatic carbocycles. The van der Waals surface area contributed by atoms with Crippen molar-refractivity contribution in [2.75, 3.05) is 6.61 Å². The van der Waals surface area contributed by atoms with Crippen molar-refractivity contribution >= 4 is 5.97 Å². The molecule has 4 rings (SSSR count). The second kappa shape index (κ2) is 20.0. The fourth-order valence-corrected chi connectivity index (χ4v) is 6.50. The van der Waals surface area contributed by atoms with Gasteiger partial charge in [-0.1, -0.05) is 116 Å². The van der Waals surface area contributed by atoms with Gasteiger partial charge in [0, 0.05) is 18.0 Å². The van der Waals surface area contributed by atoms with E-state index in [4.69, 9.17) is 9.47 Å². The van der Waals surface area contributed by atoms with Gasteiger partial charge in [0.05, 0.1) is 12.2 Å². The molecule has 1 aliphatic rings. The summed E-state index contributed by atoms with van der Waals surface area (Å²) >= 11 is 0. The van der Waals surface area contributed by atoms with Crippen molar-refractivity contribution in [2.45, 2.75) is 129 Å². The maximum atomic E-state index is 12.8. The summed E-state index contributed by atoms with van der Waals surface area (Å²) in [6.07, 6.45) is 27.5. The lowest BCUT2D eigenvalue weighted by atomic mass is 9.78. The Morgan fingerprint density at radius 3 is 1.87 bits per heavy atom. The zero-order valence-corrected chi connectivity index (χ0v) is 28.0. The van der Waals surface area contributed by atoms with Crippen LogP contribution in [0, 0.1) is 11.8 Å². The number of carbonyl (C=O) groups excluding carboxylic acids is 1. The Hall–Kier alpha value is -3.21. The summed E-state index contributed by atoms with van der Waals surface area (Å²) < 4.78 is 11.6. The average molecular weight is 613 g/mol. The molecule has 5 heteroatoms. The number of nitrogens with zero attached hydrogens (tertiary/aromatic N) is 2. The molecule has 0 N–H and O–H groups in total. The summed E-state index contributed by atoms with van der Waals surface area (Å²) in [4.78, 5) is 21.9. The molecule has 0 saturated heterocycles. The molecule has 0 radical (unpaired) electrons. The first-order chi connectivity index (χ1) is 22.1. The monoisotopic (exact) mass is 612 g/mol. The van der Waals surface area contributed by atoms with Gasteiger partial charge in [-0.25, -0.2) is 14.8 Å². The van der Waals surface area contributed by atoms with Crippen molar-refractivity contribution in [3.05, 3.63) is 72.1 Å². The minimum Gasteiger partial charge on any atom is -0.494 e. The predicted molar refractivity (Wildman–Crippen MR) is 185 cm³/mol. The van der Waals surface area contributed by atoms with Crippen molar-refractivity contribution in [3.8, 4) is 22.9 Å². The van der Waals surface area contributed by atoms with Crippen molar-refractivity contribution in [1.82, 2.24) is 9.97 Å². The van der Waals surface area contributed by atoms with Crippen molar-refractivity contribution in [2.24, 2.45) is 11.8 Å². The number of aromatic nitrogens is 2. The number of aryl methyl sites for hydroxylation is 1.